The predicted molar refractivity (Wildman–Crippen MR) is 64.4 cm³/mol. The third-order valence-corrected chi connectivity index (χ3v) is 3.16. The highest BCUT2D eigenvalue weighted by atomic mass is 16.5. The topological polar surface area (TPSA) is 95.1 Å². The lowest BCUT2D eigenvalue weighted by Crippen LogP contribution is -2.40. The maximum absolute atomic E-state index is 11.8. The van der Waals surface area contributed by atoms with Crippen LogP contribution in [0.5, 0.6) is 0 Å². The highest BCUT2D eigenvalue weighted by Gasteiger charge is 2.23. The molecule has 0 aromatic carbocycles. The molecule has 1 aromatic heterocycles. The zero-order valence-corrected chi connectivity index (χ0v) is 10.5. The third-order valence-electron chi connectivity index (χ3n) is 3.16. The van der Waals surface area contributed by atoms with E-state index in [0.717, 1.165) is 19.6 Å². The van der Waals surface area contributed by atoms with Crippen LogP contribution >= 0.6 is 0 Å². The Morgan fingerprint density at radius 3 is 3.22 bits per heavy atom. The summed E-state index contributed by atoms with van der Waals surface area (Å²) in [4.78, 5) is 11.8. The Kier molecular flexibility index (Phi) is 4.27. The Bertz CT molecular complexity index is 400. The van der Waals surface area contributed by atoms with Crippen molar-refractivity contribution in [2.24, 2.45) is 11.7 Å². The number of hydrogen-bond acceptors (Lipinski definition) is 5. The third kappa shape index (κ3) is 3.27. The van der Waals surface area contributed by atoms with E-state index in [0.29, 0.717) is 18.2 Å². The van der Waals surface area contributed by atoms with Crippen LogP contribution in [0, 0.1) is 5.92 Å². The number of nitrogens with zero attached hydrogens (tertiary/aromatic N) is 3. The maximum Gasteiger partial charge on any atom is 0.242 e. The average molecular weight is 253 g/mol. The lowest BCUT2D eigenvalue weighted by Gasteiger charge is -2.18. The quantitative estimate of drug-likeness (QED) is 0.722. The van der Waals surface area contributed by atoms with Gasteiger partial charge in [-0.3, -0.25) is 4.79 Å². The van der Waals surface area contributed by atoms with Gasteiger partial charge in [-0.15, -0.1) is 5.10 Å². The molecule has 1 amide bonds. The van der Waals surface area contributed by atoms with E-state index in [4.69, 9.17) is 10.5 Å². The molecule has 18 heavy (non-hydrogen) atoms. The molecular formula is C11H19N5O2. The molecule has 2 unspecified atom stereocenters. The van der Waals surface area contributed by atoms with Gasteiger partial charge in [0.25, 0.3) is 0 Å². The summed E-state index contributed by atoms with van der Waals surface area (Å²) in [5.74, 6) is 0.340. The summed E-state index contributed by atoms with van der Waals surface area (Å²) in [6.45, 7) is 4.02. The van der Waals surface area contributed by atoms with E-state index in [1.165, 1.54) is 4.68 Å². The fourth-order valence-corrected chi connectivity index (χ4v) is 2.02. The van der Waals surface area contributed by atoms with Crippen molar-refractivity contribution in [2.75, 3.05) is 13.2 Å². The maximum atomic E-state index is 11.8. The van der Waals surface area contributed by atoms with Gasteiger partial charge in [0.2, 0.25) is 5.91 Å². The number of nitrogens with one attached hydrogen (secondary N) is 1. The minimum Gasteiger partial charge on any atom is -0.381 e. The van der Waals surface area contributed by atoms with Crippen molar-refractivity contribution < 1.29 is 9.53 Å². The van der Waals surface area contributed by atoms with Gasteiger partial charge in [-0.05, 0) is 13.3 Å². The summed E-state index contributed by atoms with van der Waals surface area (Å²) >= 11 is 0. The number of rotatable bonds is 5. The average Bonchev–Trinajstić information content (AvgIpc) is 2.98. The summed E-state index contributed by atoms with van der Waals surface area (Å²) in [7, 11) is 0. The number of amides is 1. The second kappa shape index (κ2) is 5.92. The van der Waals surface area contributed by atoms with Gasteiger partial charge in [-0.1, -0.05) is 5.21 Å². The number of carbonyl (C=O) groups excluding carboxylic acids is 1. The van der Waals surface area contributed by atoms with E-state index in [-0.39, 0.29) is 18.5 Å². The van der Waals surface area contributed by atoms with Gasteiger partial charge in [0.15, 0.2) is 0 Å². The van der Waals surface area contributed by atoms with Crippen molar-refractivity contribution in [2.45, 2.75) is 32.5 Å². The number of aromatic nitrogens is 3. The number of nitrogens with two attached hydrogens (primary N) is 1. The van der Waals surface area contributed by atoms with Crippen molar-refractivity contribution in [3.8, 4) is 0 Å². The molecule has 0 spiro atoms. The fraction of sp³-hybridized carbons (Fsp3) is 0.727. The fourth-order valence-electron chi connectivity index (χ4n) is 2.02. The molecule has 7 heteroatoms. The molecule has 1 saturated heterocycles. The Morgan fingerprint density at radius 1 is 1.78 bits per heavy atom. The van der Waals surface area contributed by atoms with Gasteiger partial charge in [-0.2, -0.15) is 0 Å². The molecule has 100 valence electrons. The summed E-state index contributed by atoms with van der Waals surface area (Å²) < 4.78 is 6.80. The van der Waals surface area contributed by atoms with Gasteiger partial charge in [0.05, 0.1) is 18.5 Å². The standard InChI is InChI=1S/C11H19N5O2/c1-8(9-2-3-18-7-9)13-11(17)6-16-5-10(4-12)14-15-16/h5,8-9H,2-4,6-7,12H2,1H3,(H,13,17). The molecule has 1 aliphatic heterocycles. The molecule has 0 radical (unpaired) electrons. The van der Waals surface area contributed by atoms with Crippen molar-refractivity contribution in [3.63, 3.8) is 0 Å². The van der Waals surface area contributed by atoms with Crippen LogP contribution in [0.15, 0.2) is 6.20 Å². The summed E-state index contributed by atoms with van der Waals surface area (Å²) in [5.41, 5.74) is 6.11. The van der Waals surface area contributed by atoms with E-state index in [9.17, 15) is 4.79 Å². The molecule has 2 heterocycles. The monoisotopic (exact) mass is 253 g/mol. The number of hydrogen-bond donors (Lipinski definition) is 2. The largest absolute Gasteiger partial charge is 0.381 e. The van der Waals surface area contributed by atoms with E-state index >= 15 is 0 Å². The lowest BCUT2D eigenvalue weighted by atomic mass is 10.0. The zero-order valence-electron chi connectivity index (χ0n) is 10.5. The second-order valence-electron chi connectivity index (χ2n) is 4.59. The molecule has 0 aliphatic carbocycles. The first kappa shape index (κ1) is 13.0. The molecular weight excluding hydrogens is 234 g/mol. The van der Waals surface area contributed by atoms with Crippen molar-refractivity contribution in [1.82, 2.24) is 20.3 Å². The van der Waals surface area contributed by atoms with Crippen LogP contribution in [0.4, 0.5) is 0 Å². The van der Waals surface area contributed by atoms with Gasteiger partial charge in [0.1, 0.15) is 6.54 Å². The first-order valence-electron chi connectivity index (χ1n) is 6.15. The minimum atomic E-state index is -0.0668. The molecule has 1 aromatic rings. The van der Waals surface area contributed by atoms with Crippen LogP contribution < -0.4 is 11.1 Å². The van der Waals surface area contributed by atoms with Crippen LogP contribution in [0.25, 0.3) is 0 Å². The summed E-state index contributed by atoms with van der Waals surface area (Å²) in [6, 6.07) is 0.123. The SMILES string of the molecule is CC(NC(=O)Cn1cc(CN)nn1)C1CCOC1. The summed E-state index contributed by atoms with van der Waals surface area (Å²) in [6.07, 6.45) is 2.69. The number of ether oxygens (including phenoxy) is 1. The van der Waals surface area contributed by atoms with Gasteiger partial charge < -0.3 is 15.8 Å². The number of carbonyl (C=O) groups is 1. The van der Waals surface area contributed by atoms with Crippen molar-refractivity contribution >= 4 is 5.91 Å². The molecule has 1 aliphatic rings. The molecule has 1 fully saturated rings. The molecule has 2 rings (SSSR count). The molecule has 7 nitrogen and oxygen atoms in total. The van der Waals surface area contributed by atoms with E-state index in [1.807, 2.05) is 6.92 Å². The first-order chi connectivity index (χ1) is 8.69. The Hall–Kier alpha value is -1.47. The molecule has 0 bridgehead atoms. The Morgan fingerprint density at radius 2 is 2.61 bits per heavy atom. The van der Waals surface area contributed by atoms with Crippen LogP contribution in [-0.2, 0) is 22.6 Å². The smallest absolute Gasteiger partial charge is 0.242 e. The van der Waals surface area contributed by atoms with Crippen LogP contribution in [0.2, 0.25) is 0 Å². The van der Waals surface area contributed by atoms with Gasteiger partial charge in [0, 0.05) is 25.1 Å². The molecule has 0 saturated carbocycles. The second-order valence-corrected chi connectivity index (χ2v) is 4.59. The van der Waals surface area contributed by atoms with E-state index < -0.39 is 0 Å². The summed E-state index contributed by atoms with van der Waals surface area (Å²) in [5, 5.41) is 10.6. The molecule has 2 atom stereocenters. The first-order valence-corrected chi connectivity index (χ1v) is 6.15. The van der Waals surface area contributed by atoms with E-state index in [1.54, 1.807) is 6.20 Å². The Balaban J connectivity index is 1.80. The predicted octanol–water partition coefficient (Wildman–Crippen LogP) is -0.722. The van der Waals surface area contributed by atoms with Crippen LogP contribution in [0.3, 0.4) is 0 Å². The van der Waals surface area contributed by atoms with Crippen LogP contribution in [-0.4, -0.2) is 40.2 Å². The van der Waals surface area contributed by atoms with Crippen molar-refractivity contribution in [1.29, 1.82) is 0 Å². The van der Waals surface area contributed by atoms with E-state index in [2.05, 4.69) is 15.6 Å². The van der Waals surface area contributed by atoms with Crippen LogP contribution in [0.1, 0.15) is 19.0 Å². The zero-order chi connectivity index (χ0) is 13.0. The molecule has 3 N–H and O–H groups in total. The highest BCUT2D eigenvalue weighted by molar-refractivity contribution is 5.75. The van der Waals surface area contributed by atoms with Gasteiger partial charge >= 0.3 is 0 Å². The lowest BCUT2D eigenvalue weighted by molar-refractivity contribution is -0.122. The normalized spacial score (nSPS) is 20.9. The highest BCUT2D eigenvalue weighted by Crippen LogP contribution is 2.16. The minimum absolute atomic E-state index is 0.0668. The Labute approximate surface area is 106 Å². The van der Waals surface area contributed by atoms with Gasteiger partial charge in [-0.25, -0.2) is 4.68 Å². The van der Waals surface area contributed by atoms with Crippen molar-refractivity contribution in [3.05, 3.63) is 11.9 Å².